The molecule has 0 saturated heterocycles. The molecule has 0 spiro atoms. The van der Waals surface area contributed by atoms with E-state index in [1.54, 1.807) is 12.1 Å². The van der Waals surface area contributed by atoms with Crippen LogP contribution in [0.1, 0.15) is 0 Å². The van der Waals surface area contributed by atoms with Gasteiger partial charge in [-0.2, -0.15) is 8.42 Å². The molecule has 1 N–H and O–H groups in total. The minimum atomic E-state index is -4.57. The number of para-hydroxylation sites is 1. The van der Waals surface area contributed by atoms with Crippen LogP contribution in [0.5, 0.6) is 17.2 Å². The fourth-order valence-electron chi connectivity index (χ4n) is 3.02. The molecule has 31 heavy (non-hydrogen) atoms. The predicted molar refractivity (Wildman–Crippen MR) is 120 cm³/mol. The summed E-state index contributed by atoms with van der Waals surface area (Å²) in [4.78, 5) is 3.36. The summed E-state index contributed by atoms with van der Waals surface area (Å²) in [6.07, 6.45) is 0. The largest absolute Gasteiger partial charge is 0.452 e. The summed E-state index contributed by atoms with van der Waals surface area (Å²) in [6.45, 7) is 0. The number of hydrogen-bond donors (Lipinski definition) is 1. The smallest absolute Gasteiger partial charge is 0.446 e. The lowest BCUT2D eigenvalue weighted by Crippen LogP contribution is -2.07. The lowest BCUT2D eigenvalue weighted by molar-refractivity contribution is 0.386. The monoisotopic (exact) mass is 451 g/mol. The number of ether oxygens (including phenoxy) is 1. The molecule has 0 unspecified atom stereocenters. The highest BCUT2D eigenvalue weighted by molar-refractivity contribution is 7.97. The lowest BCUT2D eigenvalue weighted by atomic mass is 10.3. The van der Waals surface area contributed by atoms with E-state index in [4.69, 9.17) is 9.29 Å². The van der Waals surface area contributed by atoms with Crippen LogP contribution in [0.25, 0.3) is 0 Å². The topological polar surface area (TPSA) is 72.8 Å². The van der Waals surface area contributed by atoms with Gasteiger partial charge in [0.05, 0.1) is 0 Å². The van der Waals surface area contributed by atoms with Gasteiger partial charge in [-0.15, -0.1) is 0 Å². The molecular formula is C24H19O5S2+. The molecule has 0 aliphatic heterocycles. The first kappa shape index (κ1) is 21.0. The molecule has 0 amide bonds. The summed E-state index contributed by atoms with van der Waals surface area (Å²) in [5.41, 5.74) is 0. The molecule has 0 heterocycles. The Morgan fingerprint density at radius 2 is 1.10 bits per heavy atom. The highest BCUT2D eigenvalue weighted by atomic mass is 32.3. The molecule has 0 aromatic heterocycles. The molecule has 0 aliphatic rings. The Bertz CT molecular complexity index is 1200. The van der Waals surface area contributed by atoms with E-state index in [9.17, 15) is 8.42 Å². The quantitative estimate of drug-likeness (QED) is 0.286. The van der Waals surface area contributed by atoms with Crippen LogP contribution < -0.4 is 8.92 Å². The van der Waals surface area contributed by atoms with Crippen molar-refractivity contribution in [3.8, 4) is 17.2 Å². The first-order chi connectivity index (χ1) is 15.0. The van der Waals surface area contributed by atoms with Crippen molar-refractivity contribution in [2.75, 3.05) is 0 Å². The van der Waals surface area contributed by atoms with Crippen molar-refractivity contribution in [2.24, 2.45) is 0 Å². The maximum atomic E-state index is 10.9. The van der Waals surface area contributed by atoms with Gasteiger partial charge in [0.2, 0.25) is 4.90 Å². The van der Waals surface area contributed by atoms with Gasteiger partial charge in [0.1, 0.15) is 22.4 Å². The summed E-state index contributed by atoms with van der Waals surface area (Å²) in [5, 5.41) is 0. The Balaban J connectivity index is 1.70. The van der Waals surface area contributed by atoms with Crippen molar-refractivity contribution in [2.45, 2.75) is 14.7 Å². The second kappa shape index (κ2) is 9.26. The summed E-state index contributed by atoms with van der Waals surface area (Å²) in [5.74, 6) is 1.21. The van der Waals surface area contributed by atoms with E-state index >= 15 is 0 Å². The zero-order valence-electron chi connectivity index (χ0n) is 16.3. The van der Waals surface area contributed by atoms with E-state index in [1.807, 2.05) is 60.7 Å². The molecule has 5 nitrogen and oxygen atoms in total. The van der Waals surface area contributed by atoms with Crippen molar-refractivity contribution >= 4 is 21.3 Å². The molecule has 0 fully saturated rings. The van der Waals surface area contributed by atoms with Gasteiger partial charge in [-0.05, 0) is 60.7 Å². The van der Waals surface area contributed by atoms with Crippen LogP contribution in [0.2, 0.25) is 0 Å². The van der Waals surface area contributed by atoms with Gasteiger partial charge in [-0.3, -0.25) is 4.55 Å². The van der Waals surface area contributed by atoms with E-state index < -0.39 is 10.4 Å². The maximum Gasteiger partial charge on any atom is 0.446 e. The van der Waals surface area contributed by atoms with E-state index in [-0.39, 0.29) is 16.6 Å². The van der Waals surface area contributed by atoms with Crippen LogP contribution in [0.4, 0.5) is 0 Å². The molecule has 4 aromatic rings. The van der Waals surface area contributed by atoms with Crippen molar-refractivity contribution in [1.29, 1.82) is 0 Å². The van der Waals surface area contributed by atoms with Gasteiger partial charge in [-0.1, -0.05) is 48.5 Å². The number of hydrogen-bond acceptors (Lipinski definition) is 4. The van der Waals surface area contributed by atoms with E-state index in [0.717, 1.165) is 4.90 Å². The van der Waals surface area contributed by atoms with Crippen LogP contribution in [0.3, 0.4) is 0 Å². The first-order valence-corrected chi connectivity index (χ1v) is 12.0. The second-order valence-electron chi connectivity index (χ2n) is 6.46. The van der Waals surface area contributed by atoms with Gasteiger partial charge in [0.25, 0.3) is 0 Å². The number of benzene rings is 4. The second-order valence-corrected chi connectivity index (χ2v) is 9.48. The van der Waals surface area contributed by atoms with Crippen molar-refractivity contribution < 1.29 is 21.9 Å². The van der Waals surface area contributed by atoms with E-state index in [2.05, 4.69) is 28.4 Å². The molecule has 0 radical (unpaired) electrons. The van der Waals surface area contributed by atoms with E-state index in [1.165, 1.54) is 21.9 Å². The van der Waals surface area contributed by atoms with Crippen LogP contribution in [0.15, 0.2) is 124 Å². The third-order valence-corrected chi connectivity index (χ3v) is 6.95. The number of rotatable bonds is 7. The zero-order valence-corrected chi connectivity index (χ0v) is 17.9. The van der Waals surface area contributed by atoms with Gasteiger partial charge >= 0.3 is 10.4 Å². The van der Waals surface area contributed by atoms with Crippen molar-refractivity contribution in [3.63, 3.8) is 0 Å². The van der Waals surface area contributed by atoms with Crippen molar-refractivity contribution in [3.05, 3.63) is 109 Å². The van der Waals surface area contributed by atoms with Crippen LogP contribution in [0, 0.1) is 0 Å². The van der Waals surface area contributed by atoms with Gasteiger partial charge in [0.15, 0.2) is 15.5 Å². The summed E-state index contributed by atoms with van der Waals surface area (Å²) >= 11 is 0. The van der Waals surface area contributed by atoms with Crippen LogP contribution in [-0.4, -0.2) is 13.0 Å². The Morgan fingerprint density at radius 3 is 1.65 bits per heavy atom. The Hall–Kier alpha value is -3.26. The predicted octanol–water partition coefficient (Wildman–Crippen LogP) is 5.76. The van der Waals surface area contributed by atoms with Crippen LogP contribution in [-0.2, 0) is 21.3 Å². The molecule has 0 bridgehead atoms. The molecule has 0 atom stereocenters. The first-order valence-electron chi connectivity index (χ1n) is 9.38. The molecule has 156 valence electrons. The van der Waals surface area contributed by atoms with E-state index in [0.29, 0.717) is 11.5 Å². The van der Waals surface area contributed by atoms with Gasteiger partial charge < -0.3 is 8.92 Å². The standard InChI is InChI=1S/C24H18O5S2/c25-31(26,27)29-20-17-15-19(16-18-20)28-23-13-7-8-14-24(23)30(21-9-3-1-4-10-21)22-11-5-2-6-12-22/h1-18H/p+1. The van der Waals surface area contributed by atoms with Gasteiger partial charge in [0, 0.05) is 0 Å². The molecule has 4 aromatic carbocycles. The Morgan fingerprint density at radius 1 is 0.613 bits per heavy atom. The molecule has 4 rings (SSSR count). The van der Waals surface area contributed by atoms with Crippen molar-refractivity contribution in [1.82, 2.24) is 0 Å². The molecular weight excluding hydrogens is 432 g/mol. The molecule has 7 heteroatoms. The highest BCUT2D eigenvalue weighted by Crippen LogP contribution is 2.38. The fraction of sp³-hybridized carbons (Fsp3) is 0. The minimum Gasteiger partial charge on any atom is -0.452 e. The average Bonchev–Trinajstić information content (AvgIpc) is 2.77. The Labute approximate surface area is 184 Å². The maximum absolute atomic E-state index is 10.9. The summed E-state index contributed by atoms with van der Waals surface area (Å²) < 4.78 is 41.2. The third-order valence-electron chi connectivity index (χ3n) is 4.28. The fourth-order valence-corrected chi connectivity index (χ4v) is 5.54. The molecule has 0 saturated carbocycles. The normalized spacial score (nSPS) is 11.3. The summed E-state index contributed by atoms with van der Waals surface area (Å²) in [6, 6.07) is 34.4. The average molecular weight is 452 g/mol. The lowest BCUT2D eigenvalue weighted by Gasteiger charge is -2.13. The Kier molecular flexibility index (Phi) is 6.27. The summed E-state index contributed by atoms with van der Waals surface area (Å²) in [7, 11) is -4.95. The highest BCUT2D eigenvalue weighted by Gasteiger charge is 2.31. The SMILES string of the molecule is O=S(=O)(O)Oc1ccc(Oc2ccccc2[S+](c2ccccc2)c2ccccc2)cc1. The van der Waals surface area contributed by atoms with Gasteiger partial charge in [-0.25, -0.2) is 0 Å². The van der Waals surface area contributed by atoms with Crippen LogP contribution >= 0.6 is 0 Å². The zero-order chi connectivity index (χ0) is 21.7. The third kappa shape index (κ3) is 5.46. The molecule has 0 aliphatic carbocycles. The minimum absolute atomic E-state index is 0.00328.